The van der Waals surface area contributed by atoms with Crippen molar-refractivity contribution in [2.24, 2.45) is 41.4 Å². The van der Waals surface area contributed by atoms with Crippen LogP contribution in [0.2, 0.25) is 0 Å². The number of rotatable bonds is 5. The van der Waals surface area contributed by atoms with E-state index in [0.29, 0.717) is 12.5 Å². The molecule has 0 radical (unpaired) electrons. The van der Waals surface area contributed by atoms with Crippen molar-refractivity contribution >= 4 is 5.97 Å². The largest absolute Gasteiger partial charge is 0.438 e. The normalized spacial score (nSPS) is 47.0. The van der Waals surface area contributed by atoms with E-state index in [2.05, 4.69) is 19.1 Å². The molecule has 0 spiro atoms. The number of carbonyl (C=O) groups is 1. The number of allylic oxidation sites excluding steroid dienone is 2. The van der Waals surface area contributed by atoms with E-state index < -0.39 is 0 Å². The van der Waals surface area contributed by atoms with Gasteiger partial charge in [-0.05, 0) is 61.2 Å². The first kappa shape index (κ1) is 12.9. The predicted molar refractivity (Wildman–Crippen MR) is 74.6 cm³/mol. The Labute approximate surface area is 120 Å². The Bertz CT molecular complexity index is 430. The third-order valence-electron chi connectivity index (χ3n) is 6.21. The number of ether oxygens (including phenoxy) is 2. The summed E-state index contributed by atoms with van der Waals surface area (Å²) in [5.41, 5.74) is 0. The molecule has 7 unspecified atom stereocenters. The molecule has 3 nitrogen and oxygen atoms in total. The van der Waals surface area contributed by atoms with E-state index in [1.807, 2.05) is 0 Å². The highest BCUT2D eigenvalue weighted by atomic mass is 16.7. The monoisotopic (exact) mass is 276 g/mol. The fourth-order valence-electron chi connectivity index (χ4n) is 5.70. The Balaban J connectivity index is 1.38. The molecule has 0 saturated heterocycles. The molecule has 3 heteroatoms. The van der Waals surface area contributed by atoms with Gasteiger partial charge in [0, 0.05) is 0 Å². The third-order valence-corrected chi connectivity index (χ3v) is 6.21. The van der Waals surface area contributed by atoms with Crippen LogP contribution in [-0.4, -0.2) is 19.4 Å². The predicted octanol–water partition coefficient (Wildman–Crippen LogP) is 3.01. The second-order valence-electron chi connectivity index (χ2n) is 7.09. The van der Waals surface area contributed by atoms with Crippen LogP contribution in [0.4, 0.5) is 0 Å². The Morgan fingerprint density at radius 2 is 1.95 bits per heavy atom. The first-order valence-corrected chi connectivity index (χ1v) is 8.22. The molecule has 4 aliphatic carbocycles. The molecule has 4 aliphatic rings. The standard InChI is InChI=1S/C17H24O3/c1-2-5-19-9-20-17(18)14-8-12-7-13(14)16-11-4-3-10(6-11)15(12)16/h3-4,10-16H,2,5-9H2,1H3. The summed E-state index contributed by atoms with van der Waals surface area (Å²) in [6, 6.07) is 0. The molecule has 3 saturated carbocycles. The van der Waals surface area contributed by atoms with Crippen LogP contribution in [-0.2, 0) is 14.3 Å². The van der Waals surface area contributed by atoms with Gasteiger partial charge in [0.25, 0.3) is 0 Å². The zero-order valence-corrected chi connectivity index (χ0v) is 12.2. The van der Waals surface area contributed by atoms with Gasteiger partial charge in [-0.25, -0.2) is 0 Å². The summed E-state index contributed by atoms with van der Waals surface area (Å²) >= 11 is 0. The van der Waals surface area contributed by atoms with Crippen LogP contribution in [0.1, 0.15) is 32.6 Å². The summed E-state index contributed by atoms with van der Waals surface area (Å²) in [4.78, 5) is 12.3. The lowest BCUT2D eigenvalue weighted by molar-refractivity contribution is -0.164. The van der Waals surface area contributed by atoms with Crippen LogP contribution in [0.3, 0.4) is 0 Å². The number of carbonyl (C=O) groups excluding carboxylic acids is 1. The van der Waals surface area contributed by atoms with Crippen LogP contribution in [0.15, 0.2) is 12.2 Å². The van der Waals surface area contributed by atoms with Crippen molar-refractivity contribution in [2.45, 2.75) is 32.6 Å². The summed E-state index contributed by atoms with van der Waals surface area (Å²) in [5, 5.41) is 0. The van der Waals surface area contributed by atoms with Crippen LogP contribution in [0.25, 0.3) is 0 Å². The Hall–Kier alpha value is -0.830. The molecule has 4 rings (SSSR count). The van der Waals surface area contributed by atoms with Crippen LogP contribution in [0.5, 0.6) is 0 Å². The molecule has 0 N–H and O–H groups in total. The molecule has 110 valence electrons. The van der Waals surface area contributed by atoms with Gasteiger partial charge in [0.1, 0.15) is 0 Å². The van der Waals surface area contributed by atoms with Crippen molar-refractivity contribution in [3.63, 3.8) is 0 Å². The summed E-state index contributed by atoms with van der Waals surface area (Å²) in [6.07, 6.45) is 9.50. The smallest absolute Gasteiger partial charge is 0.311 e. The average Bonchev–Trinajstić information content (AvgIpc) is 3.20. The molecule has 0 heterocycles. The molecule has 20 heavy (non-hydrogen) atoms. The van der Waals surface area contributed by atoms with E-state index in [9.17, 15) is 4.79 Å². The van der Waals surface area contributed by atoms with Gasteiger partial charge in [0.15, 0.2) is 6.79 Å². The Kier molecular flexibility index (Phi) is 3.13. The van der Waals surface area contributed by atoms with Crippen molar-refractivity contribution in [1.29, 1.82) is 0 Å². The Morgan fingerprint density at radius 1 is 1.15 bits per heavy atom. The van der Waals surface area contributed by atoms with E-state index in [0.717, 1.165) is 42.4 Å². The summed E-state index contributed by atoms with van der Waals surface area (Å²) in [7, 11) is 0. The van der Waals surface area contributed by atoms with Crippen LogP contribution >= 0.6 is 0 Å². The minimum Gasteiger partial charge on any atom is -0.438 e. The molecule has 0 aliphatic heterocycles. The molecule has 0 aromatic carbocycles. The topological polar surface area (TPSA) is 35.5 Å². The van der Waals surface area contributed by atoms with E-state index in [1.54, 1.807) is 0 Å². The quantitative estimate of drug-likeness (QED) is 0.254. The summed E-state index contributed by atoms with van der Waals surface area (Å²) < 4.78 is 10.6. The molecule has 0 aromatic rings. The van der Waals surface area contributed by atoms with Gasteiger partial charge in [-0.15, -0.1) is 0 Å². The number of hydrogen-bond acceptors (Lipinski definition) is 3. The highest BCUT2D eigenvalue weighted by molar-refractivity contribution is 5.73. The van der Waals surface area contributed by atoms with Crippen molar-refractivity contribution in [3.05, 3.63) is 12.2 Å². The molecule has 7 atom stereocenters. The van der Waals surface area contributed by atoms with E-state index in [1.165, 1.54) is 12.8 Å². The SMILES string of the molecule is CCCOCOC(=O)C1CC2CC1C1C3C=CC(C3)C21. The van der Waals surface area contributed by atoms with Gasteiger partial charge in [0.05, 0.1) is 12.5 Å². The maximum absolute atomic E-state index is 12.3. The van der Waals surface area contributed by atoms with Gasteiger partial charge in [-0.1, -0.05) is 19.1 Å². The summed E-state index contributed by atoms with van der Waals surface area (Å²) in [5.74, 6) is 4.76. The van der Waals surface area contributed by atoms with Crippen LogP contribution < -0.4 is 0 Å². The molecular weight excluding hydrogens is 252 g/mol. The van der Waals surface area contributed by atoms with E-state index >= 15 is 0 Å². The highest BCUT2D eigenvalue weighted by Crippen LogP contribution is 2.67. The van der Waals surface area contributed by atoms with Crippen molar-refractivity contribution in [1.82, 2.24) is 0 Å². The first-order chi connectivity index (χ1) is 9.79. The lowest BCUT2D eigenvalue weighted by atomic mass is 9.69. The minimum atomic E-state index is -0.00111. The van der Waals surface area contributed by atoms with E-state index in [-0.39, 0.29) is 18.7 Å². The number of fused-ring (bicyclic) bond motifs is 9. The summed E-state index contributed by atoms with van der Waals surface area (Å²) in [6.45, 7) is 2.87. The van der Waals surface area contributed by atoms with E-state index in [4.69, 9.17) is 9.47 Å². The second-order valence-corrected chi connectivity index (χ2v) is 7.09. The van der Waals surface area contributed by atoms with Crippen LogP contribution in [0, 0.1) is 41.4 Å². The molecule has 0 amide bonds. The fraction of sp³-hybridized carbons (Fsp3) is 0.824. The zero-order valence-electron chi connectivity index (χ0n) is 12.2. The maximum atomic E-state index is 12.3. The number of hydrogen-bond donors (Lipinski definition) is 0. The zero-order chi connectivity index (χ0) is 13.7. The molecule has 4 bridgehead atoms. The molecule has 3 fully saturated rings. The average molecular weight is 276 g/mol. The van der Waals surface area contributed by atoms with Crippen molar-refractivity contribution < 1.29 is 14.3 Å². The highest BCUT2D eigenvalue weighted by Gasteiger charge is 2.62. The van der Waals surface area contributed by atoms with Gasteiger partial charge in [-0.2, -0.15) is 0 Å². The van der Waals surface area contributed by atoms with Gasteiger partial charge in [0.2, 0.25) is 0 Å². The molecular formula is C17H24O3. The minimum absolute atomic E-state index is 0.00111. The Morgan fingerprint density at radius 3 is 2.75 bits per heavy atom. The van der Waals surface area contributed by atoms with Gasteiger partial charge < -0.3 is 9.47 Å². The van der Waals surface area contributed by atoms with Crippen molar-refractivity contribution in [3.8, 4) is 0 Å². The number of esters is 1. The second kappa shape index (κ2) is 4.87. The lowest BCUT2D eigenvalue weighted by Gasteiger charge is -2.35. The maximum Gasteiger partial charge on any atom is 0.311 e. The van der Waals surface area contributed by atoms with Gasteiger partial charge in [-0.3, -0.25) is 4.79 Å². The molecule has 0 aromatic heterocycles. The third kappa shape index (κ3) is 1.78. The van der Waals surface area contributed by atoms with Crippen molar-refractivity contribution in [2.75, 3.05) is 13.4 Å². The van der Waals surface area contributed by atoms with Gasteiger partial charge >= 0.3 is 5.97 Å². The fourth-order valence-corrected chi connectivity index (χ4v) is 5.70. The first-order valence-electron chi connectivity index (χ1n) is 8.22. The lowest BCUT2D eigenvalue weighted by Crippen LogP contribution is -2.35.